The van der Waals surface area contributed by atoms with Crippen LogP contribution in [-0.4, -0.2) is 38.9 Å². The van der Waals surface area contributed by atoms with Crippen molar-refractivity contribution in [2.24, 2.45) is 5.92 Å². The van der Waals surface area contributed by atoms with E-state index in [1.54, 1.807) is 6.92 Å². The molecule has 0 bridgehead atoms. The fourth-order valence-electron chi connectivity index (χ4n) is 2.23. The number of ether oxygens (including phenoxy) is 2. The first-order chi connectivity index (χ1) is 8.33. The number of rotatable bonds is 9. The third-order valence-electron chi connectivity index (χ3n) is 3.15. The van der Waals surface area contributed by atoms with Crippen LogP contribution >= 0.6 is 0 Å². The molecule has 0 aromatic carbocycles. The van der Waals surface area contributed by atoms with E-state index in [1.807, 2.05) is 0 Å². The maximum Gasteiger partial charge on any atom is 0.332 e. The van der Waals surface area contributed by atoms with Crippen LogP contribution in [0.1, 0.15) is 39.0 Å². The second kappa shape index (κ2) is 9.42. The van der Waals surface area contributed by atoms with Gasteiger partial charge in [0.15, 0.2) is 0 Å². The summed E-state index contributed by atoms with van der Waals surface area (Å²) in [6.45, 7) is 4.73. The highest BCUT2D eigenvalue weighted by molar-refractivity contribution is 5.70. The summed E-state index contributed by atoms with van der Waals surface area (Å²) in [6.07, 6.45) is 6.90. The molecule has 0 amide bonds. The standard InChI is InChI=1S/C13H25NO3/c1-2-17-13(15)11-16-10-9-14-8-7-12-5-3-4-6-12/h12,14H,2-11H2,1H3. The molecule has 0 radical (unpaired) electrons. The Labute approximate surface area is 104 Å². The Morgan fingerprint density at radius 3 is 2.76 bits per heavy atom. The fraction of sp³-hybridized carbons (Fsp3) is 0.923. The fourth-order valence-corrected chi connectivity index (χ4v) is 2.23. The molecular formula is C13H25NO3. The van der Waals surface area contributed by atoms with E-state index in [0.717, 1.165) is 19.0 Å². The van der Waals surface area contributed by atoms with Crippen LogP contribution in [0.3, 0.4) is 0 Å². The molecule has 1 aliphatic rings. The predicted molar refractivity (Wildman–Crippen MR) is 66.9 cm³/mol. The van der Waals surface area contributed by atoms with Crippen LogP contribution in [0.15, 0.2) is 0 Å². The molecule has 0 aromatic heterocycles. The summed E-state index contributed by atoms with van der Waals surface area (Å²) in [6, 6.07) is 0. The molecule has 4 heteroatoms. The van der Waals surface area contributed by atoms with E-state index >= 15 is 0 Å². The van der Waals surface area contributed by atoms with Crippen molar-refractivity contribution in [3.8, 4) is 0 Å². The third kappa shape index (κ3) is 7.34. The minimum Gasteiger partial charge on any atom is -0.464 e. The summed E-state index contributed by atoms with van der Waals surface area (Å²) in [5.41, 5.74) is 0. The van der Waals surface area contributed by atoms with Crippen molar-refractivity contribution in [2.75, 3.05) is 32.9 Å². The number of esters is 1. The van der Waals surface area contributed by atoms with Gasteiger partial charge in [0, 0.05) is 6.54 Å². The van der Waals surface area contributed by atoms with E-state index < -0.39 is 0 Å². The zero-order chi connectivity index (χ0) is 12.3. The molecule has 0 heterocycles. The SMILES string of the molecule is CCOC(=O)COCCNCCC1CCCC1. The Balaban J connectivity index is 1.79. The average molecular weight is 243 g/mol. The van der Waals surface area contributed by atoms with Gasteiger partial charge in [0.05, 0.1) is 13.2 Å². The average Bonchev–Trinajstić information content (AvgIpc) is 2.81. The van der Waals surface area contributed by atoms with Crippen LogP contribution in [0.5, 0.6) is 0 Å². The molecule has 4 nitrogen and oxygen atoms in total. The van der Waals surface area contributed by atoms with Gasteiger partial charge >= 0.3 is 5.97 Å². The second-order valence-corrected chi connectivity index (χ2v) is 4.55. The summed E-state index contributed by atoms with van der Waals surface area (Å²) in [5.74, 6) is 0.654. The first kappa shape index (κ1) is 14.5. The summed E-state index contributed by atoms with van der Waals surface area (Å²) in [4.78, 5) is 10.9. The Bertz CT molecular complexity index is 203. The number of nitrogens with one attached hydrogen (secondary N) is 1. The largest absolute Gasteiger partial charge is 0.464 e. The maximum absolute atomic E-state index is 10.9. The Kier molecular flexibility index (Phi) is 8.01. The van der Waals surface area contributed by atoms with Crippen LogP contribution in [0.25, 0.3) is 0 Å². The van der Waals surface area contributed by atoms with Crippen LogP contribution in [0.2, 0.25) is 0 Å². The van der Waals surface area contributed by atoms with Crippen LogP contribution in [0, 0.1) is 5.92 Å². The van der Waals surface area contributed by atoms with Crippen LogP contribution in [-0.2, 0) is 14.3 Å². The molecule has 17 heavy (non-hydrogen) atoms. The zero-order valence-corrected chi connectivity index (χ0v) is 10.9. The molecule has 0 aliphatic heterocycles. The molecule has 1 fully saturated rings. The highest BCUT2D eigenvalue weighted by Crippen LogP contribution is 2.26. The van der Waals surface area contributed by atoms with Gasteiger partial charge in [-0.2, -0.15) is 0 Å². The Morgan fingerprint density at radius 1 is 1.29 bits per heavy atom. The minimum absolute atomic E-state index is 0.0676. The lowest BCUT2D eigenvalue weighted by atomic mass is 10.0. The van der Waals surface area contributed by atoms with Gasteiger partial charge in [0.2, 0.25) is 0 Å². The molecule has 1 saturated carbocycles. The van der Waals surface area contributed by atoms with Gasteiger partial charge in [-0.05, 0) is 25.8 Å². The van der Waals surface area contributed by atoms with Crippen molar-refractivity contribution in [2.45, 2.75) is 39.0 Å². The van der Waals surface area contributed by atoms with Gasteiger partial charge in [-0.1, -0.05) is 25.7 Å². The first-order valence-corrected chi connectivity index (χ1v) is 6.77. The highest BCUT2D eigenvalue weighted by Gasteiger charge is 2.13. The molecular weight excluding hydrogens is 218 g/mol. The lowest BCUT2D eigenvalue weighted by Crippen LogP contribution is -2.24. The van der Waals surface area contributed by atoms with Gasteiger partial charge in [0.25, 0.3) is 0 Å². The number of hydrogen-bond donors (Lipinski definition) is 1. The molecule has 0 aromatic rings. The first-order valence-electron chi connectivity index (χ1n) is 6.77. The van der Waals surface area contributed by atoms with Gasteiger partial charge in [0.1, 0.15) is 6.61 Å². The normalized spacial score (nSPS) is 16.3. The monoisotopic (exact) mass is 243 g/mol. The molecule has 0 unspecified atom stereocenters. The van der Waals surface area contributed by atoms with Crippen LogP contribution in [0.4, 0.5) is 0 Å². The molecule has 1 N–H and O–H groups in total. The predicted octanol–water partition coefficient (Wildman–Crippen LogP) is 1.74. The summed E-state index contributed by atoms with van der Waals surface area (Å²) < 4.78 is 9.94. The van der Waals surface area contributed by atoms with Crippen molar-refractivity contribution >= 4 is 5.97 Å². The summed E-state index contributed by atoms with van der Waals surface area (Å²) in [5, 5.41) is 3.34. The topological polar surface area (TPSA) is 47.6 Å². The van der Waals surface area contributed by atoms with E-state index in [-0.39, 0.29) is 12.6 Å². The number of carbonyl (C=O) groups is 1. The lowest BCUT2D eigenvalue weighted by Gasteiger charge is -2.09. The molecule has 0 atom stereocenters. The van der Waals surface area contributed by atoms with Crippen molar-refractivity contribution in [3.05, 3.63) is 0 Å². The minimum atomic E-state index is -0.279. The van der Waals surface area contributed by atoms with E-state index in [9.17, 15) is 4.79 Å². The smallest absolute Gasteiger partial charge is 0.332 e. The summed E-state index contributed by atoms with van der Waals surface area (Å²) >= 11 is 0. The third-order valence-corrected chi connectivity index (χ3v) is 3.15. The Morgan fingerprint density at radius 2 is 2.06 bits per heavy atom. The quantitative estimate of drug-likeness (QED) is 0.495. The highest BCUT2D eigenvalue weighted by atomic mass is 16.6. The van der Waals surface area contributed by atoms with Crippen molar-refractivity contribution in [1.82, 2.24) is 5.32 Å². The lowest BCUT2D eigenvalue weighted by molar-refractivity contribution is -0.148. The van der Waals surface area contributed by atoms with E-state index in [2.05, 4.69) is 5.32 Å². The molecule has 0 saturated heterocycles. The molecule has 1 rings (SSSR count). The van der Waals surface area contributed by atoms with Gasteiger partial charge in [-0.25, -0.2) is 4.79 Å². The molecule has 0 spiro atoms. The summed E-state index contributed by atoms with van der Waals surface area (Å²) in [7, 11) is 0. The maximum atomic E-state index is 10.9. The van der Waals surface area contributed by atoms with Crippen molar-refractivity contribution in [1.29, 1.82) is 0 Å². The number of carbonyl (C=O) groups excluding carboxylic acids is 1. The van der Waals surface area contributed by atoms with Gasteiger partial charge in [-0.3, -0.25) is 0 Å². The van der Waals surface area contributed by atoms with E-state index in [0.29, 0.717) is 13.2 Å². The molecule has 100 valence electrons. The van der Waals surface area contributed by atoms with Crippen molar-refractivity contribution < 1.29 is 14.3 Å². The molecule has 1 aliphatic carbocycles. The zero-order valence-electron chi connectivity index (χ0n) is 10.9. The van der Waals surface area contributed by atoms with E-state index in [4.69, 9.17) is 9.47 Å². The van der Waals surface area contributed by atoms with Gasteiger partial charge < -0.3 is 14.8 Å². The Hall–Kier alpha value is -0.610. The number of hydrogen-bond acceptors (Lipinski definition) is 4. The van der Waals surface area contributed by atoms with Crippen LogP contribution < -0.4 is 5.32 Å². The van der Waals surface area contributed by atoms with Gasteiger partial charge in [-0.15, -0.1) is 0 Å². The van der Waals surface area contributed by atoms with E-state index in [1.165, 1.54) is 32.1 Å². The second-order valence-electron chi connectivity index (χ2n) is 4.55. The van der Waals surface area contributed by atoms with Crippen molar-refractivity contribution in [3.63, 3.8) is 0 Å².